The number of hydrogen-bond donors (Lipinski definition) is 2. The van der Waals surface area contributed by atoms with Crippen LogP contribution < -0.4 is 10.6 Å². The van der Waals surface area contributed by atoms with Crippen LogP contribution in [0.3, 0.4) is 0 Å². The lowest BCUT2D eigenvalue weighted by atomic mass is 9.84. The number of benzene rings is 3. The van der Waals surface area contributed by atoms with Crippen LogP contribution in [0.2, 0.25) is 10.0 Å². The molecule has 3 aromatic carbocycles. The van der Waals surface area contributed by atoms with Crippen molar-refractivity contribution in [3.63, 3.8) is 0 Å². The Morgan fingerprint density at radius 3 is 2.61 bits per heavy atom. The number of carbonyl (C=O) groups excluding carboxylic acids is 1. The zero-order chi connectivity index (χ0) is 19.9. The molecule has 0 bridgehead atoms. The fraction of sp³-hybridized carbons (Fsp3) is 0.136. The number of carbonyl (C=O) groups is 1. The number of amides is 1. The normalized spacial score (nSPS) is 17.9. The van der Waals surface area contributed by atoms with Gasteiger partial charge < -0.3 is 10.6 Å². The van der Waals surface area contributed by atoms with Gasteiger partial charge in [-0.2, -0.15) is 0 Å². The lowest BCUT2D eigenvalue weighted by Crippen LogP contribution is -2.44. The predicted molar refractivity (Wildman–Crippen MR) is 112 cm³/mol. The zero-order valence-electron chi connectivity index (χ0n) is 15.0. The van der Waals surface area contributed by atoms with E-state index in [1.54, 1.807) is 24.3 Å². The van der Waals surface area contributed by atoms with E-state index in [0.717, 1.165) is 16.7 Å². The van der Waals surface area contributed by atoms with Crippen molar-refractivity contribution in [2.24, 2.45) is 0 Å². The van der Waals surface area contributed by atoms with Crippen molar-refractivity contribution in [2.75, 3.05) is 10.6 Å². The quantitative estimate of drug-likeness (QED) is 0.554. The summed E-state index contributed by atoms with van der Waals surface area (Å²) in [5, 5.41) is 7.34. The minimum atomic E-state index is -1.12. The lowest BCUT2D eigenvalue weighted by Gasteiger charge is -2.31. The van der Waals surface area contributed by atoms with Crippen LogP contribution in [0.1, 0.15) is 16.7 Å². The van der Waals surface area contributed by atoms with Crippen molar-refractivity contribution in [1.29, 1.82) is 0 Å². The summed E-state index contributed by atoms with van der Waals surface area (Å²) >= 11 is 12.3. The van der Waals surface area contributed by atoms with E-state index in [1.807, 2.05) is 31.2 Å². The Labute approximate surface area is 172 Å². The molecule has 0 aromatic heterocycles. The Morgan fingerprint density at radius 1 is 1.04 bits per heavy atom. The molecular formula is C22H17Cl2FN2O. The van der Waals surface area contributed by atoms with Crippen LogP contribution >= 0.6 is 23.2 Å². The average molecular weight is 415 g/mol. The van der Waals surface area contributed by atoms with E-state index in [0.29, 0.717) is 27.8 Å². The number of aryl methyl sites for hydroxylation is 1. The van der Waals surface area contributed by atoms with Crippen molar-refractivity contribution in [3.05, 3.63) is 93.2 Å². The number of fused-ring (bicyclic) bond motifs is 1. The van der Waals surface area contributed by atoms with Crippen LogP contribution in [-0.2, 0) is 16.8 Å². The summed E-state index contributed by atoms with van der Waals surface area (Å²) in [5.41, 5.74) is 2.55. The molecule has 0 saturated carbocycles. The molecule has 2 N–H and O–H groups in total. The monoisotopic (exact) mass is 414 g/mol. The summed E-state index contributed by atoms with van der Waals surface area (Å²) in [6.45, 7) is 1.87. The SMILES string of the molecule is Cc1ccc(F)cc1NC1(Cc2cccc(Cl)c2)C(=O)Nc2cc(Cl)ccc21. The fourth-order valence-electron chi connectivity index (χ4n) is 3.60. The molecule has 0 radical (unpaired) electrons. The molecule has 0 aliphatic carbocycles. The lowest BCUT2D eigenvalue weighted by molar-refractivity contribution is -0.119. The maximum absolute atomic E-state index is 13.9. The Balaban J connectivity index is 1.87. The molecule has 1 atom stereocenters. The first kappa shape index (κ1) is 18.8. The van der Waals surface area contributed by atoms with Gasteiger partial charge in [0.15, 0.2) is 0 Å². The van der Waals surface area contributed by atoms with E-state index >= 15 is 0 Å². The Morgan fingerprint density at radius 2 is 1.82 bits per heavy atom. The summed E-state index contributed by atoms with van der Waals surface area (Å²) in [6, 6.07) is 17.1. The summed E-state index contributed by atoms with van der Waals surface area (Å²) in [4.78, 5) is 13.2. The summed E-state index contributed by atoms with van der Waals surface area (Å²) < 4.78 is 13.9. The maximum Gasteiger partial charge on any atom is 0.255 e. The van der Waals surface area contributed by atoms with Crippen LogP contribution in [0.15, 0.2) is 60.7 Å². The standard InChI is InChI=1S/C22H17Cl2FN2O/c1-13-5-7-17(25)11-19(13)27-22(12-14-3-2-4-15(23)9-14)18-8-6-16(24)10-20(18)26-21(22)28/h2-11,27H,12H2,1H3,(H,26,28). The second-order valence-corrected chi connectivity index (χ2v) is 7.81. The van der Waals surface area contributed by atoms with E-state index in [2.05, 4.69) is 10.6 Å². The van der Waals surface area contributed by atoms with Gasteiger partial charge in [0.05, 0.1) is 0 Å². The number of hydrogen-bond acceptors (Lipinski definition) is 2. The third-order valence-corrected chi connectivity index (χ3v) is 5.45. The minimum Gasteiger partial charge on any atom is -0.367 e. The van der Waals surface area contributed by atoms with Gasteiger partial charge in [-0.1, -0.05) is 47.5 Å². The van der Waals surface area contributed by atoms with Gasteiger partial charge in [-0.3, -0.25) is 4.79 Å². The highest BCUT2D eigenvalue weighted by molar-refractivity contribution is 6.31. The van der Waals surface area contributed by atoms with Gasteiger partial charge >= 0.3 is 0 Å². The average Bonchev–Trinajstić information content (AvgIpc) is 2.89. The molecule has 1 aliphatic heterocycles. The molecule has 0 saturated heterocycles. The Kier molecular flexibility index (Phi) is 4.77. The van der Waals surface area contributed by atoms with E-state index in [-0.39, 0.29) is 11.7 Å². The molecule has 1 amide bonds. The molecule has 0 spiro atoms. The molecule has 1 unspecified atom stereocenters. The number of rotatable bonds is 4. The van der Waals surface area contributed by atoms with Crippen molar-refractivity contribution in [1.82, 2.24) is 0 Å². The van der Waals surface area contributed by atoms with Crippen LogP contribution in [-0.4, -0.2) is 5.91 Å². The first-order valence-electron chi connectivity index (χ1n) is 8.78. The van der Waals surface area contributed by atoms with Crippen molar-refractivity contribution in [2.45, 2.75) is 18.9 Å². The molecule has 1 heterocycles. The maximum atomic E-state index is 13.9. The number of nitrogens with one attached hydrogen (secondary N) is 2. The highest BCUT2D eigenvalue weighted by Crippen LogP contribution is 2.42. The molecule has 0 fully saturated rings. The highest BCUT2D eigenvalue weighted by atomic mass is 35.5. The van der Waals surface area contributed by atoms with Crippen LogP contribution in [0.5, 0.6) is 0 Å². The molecule has 6 heteroatoms. The Hall–Kier alpha value is -2.56. The smallest absolute Gasteiger partial charge is 0.255 e. The third kappa shape index (κ3) is 3.34. The second-order valence-electron chi connectivity index (χ2n) is 6.94. The molecule has 3 nitrogen and oxygen atoms in total. The zero-order valence-corrected chi connectivity index (χ0v) is 16.5. The largest absolute Gasteiger partial charge is 0.367 e. The topological polar surface area (TPSA) is 41.1 Å². The van der Waals surface area contributed by atoms with Gasteiger partial charge in [-0.15, -0.1) is 0 Å². The summed E-state index contributed by atoms with van der Waals surface area (Å²) in [6.07, 6.45) is 0.337. The highest BCUT2D eigenvalue weighted by Gasteiger charge is 2.47. The molecule has 4 rings (SSSR count). The predicted octanol–water partition coefficient (Wildman–Crippen LogP) is 5.94. The van der Waals surface area contributed by atoms with Gasteiger partial charge in [0, 0.05) is 33.4 Å². The molecule has 1 aliphatic rings. The van der Waals surface area contributed by atoms with E-state index in [9.17, 15) is 9.18 Å². The van der Waals surface area contributed by atoms with Crippen molar-refractivity contribution >= 4 is 40.5 Å². The summed E-state index contributed by atoms with van der Waals surface area (Å²) in [5.74, 6) is -0.603. The van der Waals surface area contributed by atoms with Gasteiger partial charge in [-0.25, -0.2) is 4.39 Å². The first-order chi connectivity index (χ1) is 13.4. The fourth-order valence-corrected chi connectivity index (χ4v) is 3.98. The van der Waals surface area contributed by atoms with E-state index < -0.39 is 5.54 Å². The van der Waals surface area contributed by atoms with Gasteiger partial charge in [0.2, 0.25) is 0 Å². The second kappa shape index (κ2) is 7.12. The third-order valence-electron chi connectivity index (χ3n) is 4.98. The van der Waals surface area contributed by atoms with Crippen LogP contribution in [0.4, 0.5) is 15.8 Å². The summed E-state index contributed by atoms with van der Waals surface area (Å²) in [7, 11) is 0. The molecular weight excluding hydrogens is 398 g/mol. The van der Waals surface area contributed by atoms with Crippen molar-refractivity contribution < 1.29 is 9.18 Å². The molecule has 28 heavy (non-hydrogen) atoms. The van der Waals surface area contributed by atoms with Gasteiger partial charge in [0.1, 0.15) is 11.4 Å². The first-order valence-corrected chi connectivity index (χ1v) is 9.53. The molecule has 142 valence electrons. The van der Waals surface area contributed by atoms with Crippen LogP contribution in [0.25, 0.3) is 0 Å². The van der Waals surface area contributed by atoms with Crippen LogP contribution in [0, 0.1) is 12.7 Å². The minimum absolute atomic E-state index is 0.228. The Bertz CT molecular complexity index is 1090. The van der Waals surface area contributed by atoms with Gasteiger partial charge in [-0.05, 0) is 54.4 Å². The van der Waals surface area contributed by atoms with Gasteiger partial charge in [0.25, 0.3) is 5.91 Å². The number of anilines is 2. The number of halogens is 3. The van der Waals surface area contributed by atoms with E-state index in [1.165, 1.54) is 12.1 Å². The van der Waals surface area contributed by atoms with Crippen molar-refractivity contribution in [3.8, 4) is 0 Å². The van der Waals surface area contributed by atoms with E-state index in [4.69, 9.17) is 23.2 Å². The molecule has 3 aromatic rings.